The zero-order valence-electron chi connectivity index (χ0n) is 15.9. The average molecular weight is 375 g/mol. The van der Waals surface area contributed by atoms with Crippen molar-refractivity contribution in [2.24, 2.45) is 5.41 Å². The molecule has 0 bridgehead atoms. The van der Waals surface area contributed by atoms with Gasteiger partial charge in [0.15, 0.2) is 5.82 Å². The van der Waals surface area contributed by atoms with Crippen LogP contribution < -0.4 is 5.32 Å². The number of nitrogens with one attached hydrogen (secondary N) is 2. The Morgan fingerprint density at radius 1 is 1.30 bits per heavy atom. The van der Waals surface area contributed by atoms with E-state index in [0.29, 0.717) is 32.1 Å². The molecule has 3 aliphatic rings. The average Bonchev–Trinajstić information content (AvgIpc) is 3.22. The number of carbonyl (C=O) groups is 2. The molecule has 4 rings (SSSR count). The van der Waals surface area contributed by atoms with E-state index in [1.165, 1.54) is 0 Å². The Morgan fingerprint density at radius 3 is 2.85 bits per heavy atom. The monoisotopic (exact) mass is 375 g/mol. The van der Waals surface area contributed by atoms with Gasteiger partial charge >= 0.3 is 0 Å². The third kappa shape index (κ3) is 3.48. The number of hydrogen-bond acceptors (Lipinski definition) is 5. The van der Waals surface area contributed by atoms with Gasteiger partial charge in [0.2, 0.25) is 5.91 Å². The Labute approximate surface area is 159 Å². The molecule has 2 N–H and O–H groups in total. The maximum atomic E-state index is 13.5. The summed E-state index contributed by atoms with van der Waals surface area (Å²) in [5.41, 5.74) is -0.509. The molecule has 1 aromatic heterocycles. The van der Waals surface area contributed by atoms with Gasteiger partial charge in [0.25, 0.3) is 5.91 Å². The van der Waals surface area contributed by atoms with E-state index >= 15 is 0 Å². The number of fused-ring (bicyclic) bond motifs is 1. The van der Waals surface area contributed by atoms with Crippen molar-refractivity contribution in [3.8, 4) is 0 Å². The van der Waals surface area contributed by atoms with Crippen LogP contribution in [0.3, 0.4) is 0 Å². The number of rotatable bonds is 3. The molecule has 2 atom stereocenters. The van der Waals surface area contributed by atoms with Crippen LogP contribution in [-0.4, -0.2) is 83.6 Å². The molecular weight excluding hydrogens is 346 g/mol. The predicted octanol–water partition coefficient (Wildman–Crippen LogP) is 0.631. The second-order valence-corrected chi connectivity index (χ2v) is 8.08. The van der Waals surface area contributed by atoms with Crippen molar-refractivity contribution in [3.05, 3.63) is 18.2 Å². The van der Waals surface area contributed by atoms with Crippen LogP contribution in [0.4, 0.5) is 0 Å². The van der Waals surface area contributed by atoms with Gasteiger partial charge in [-0.1, -0.05) is 0 Å². The highest BCUT2D eigenvalue weighted by Crippen LogP contribution is 2.43. The van der Waals surface area contributed by atoms with Gasteiger partial charge in [0.05, 0.1) is 11.5 Å². The molecule has 0 radical (unpaired) electrons. The number of carbonyl (C=O) groups excluding carboxylic acids is 2. The van der Waals surface area contributed by atoms with Crippen molar-refractivity contribution in [1.82, 2.24) is 25.1 Å². The minimum Gasteiger partial charge on any atom is -0.381 e. The fraction of sp³-hybridized carbons (Fsp3) is 0.737. The summed E-state index contributed by atoms with van der Waals surface area (Å²) in [7, 11) is 2.06. The largest absolute Gasteiger partial charge is 0.381 e. The zero-order chi connectivity index (χ0) is 18.9. The number of H-pyrrole nitrogens is 1. The number of likely N-dealkylation sites (tertiary alicyclic amines) is 2. The normalized spacial score (nSPS) is 30.0. The molecular formula is C19H29N5O3. The lowest BCUT2D eigenvalue weighted by Gasteiger charge is -2.53. The molecule has 3 saturated heterocycles. The van der Waals surface area contributed by atoms with E-state index in [9.17, 15) is 9.59 Å². The summed E-state index contributed by atoms with van der Waals surface area (Å²) in [5, 5.41) is 3.29. The zero-order valence-corrected chi connectivity index (χ0v) is 15.9. The van der Waals surface area contributed by atoms with Crippen LogP contribution in [0, 0.1) is 5.41 Å². The quantitative estimate of drug-likeness (QED) is 0.809. The molecule has 0 aromatic carbocycles. The third-order valence-electron chi connectivity index (χ3n) is 6.43. The molecule has 0 unspecified atom stereocenters. The smallest absolute Gasteiger partial charge is 0.289 e. The highest BCUT2D eigenvalue weighted by atomic mass is 16.5. The first kappa shape index (κ1) is 18.4. The Kier molecular flexibility index (Phi) is 5.19. The summed E-state index contributed by atoms with van der Waals surface area (Å²) in [4.78, 5) is 37.6. The van der Waals surface area contributed by atoms with Gasteiger partial charge in [-0.15, -0.1) is 0 Å². The molecule has 8 heteroatoms. The Bertz CT molecular complexity index is 673. The first-order valence-corrected chi connectivity index (χ1v) is 9.98. The summed E-state index contributed by atoms with van der Waals surface area (Å²) >= 11 is 0. The number of aromatic amines is 1. The minimum absolute atomic E-state index is 0.108. The van der Waals surface area contributed by atoms with Gasteiger partial charge < -0.3 is 24.8 Å². The summed E-state index contributed by atoms with van der Waals surface area (Å²) in [6.07, 6.45) is 7.44. The lowest BCUT2D eigenvalue weighted by atomic mass is 9.67. The van der Waals surface area contributed by atoms with E-state index < -0.39 is 5.41 Å². The van der Waals surface area contributed by atoms with Crippen molar-refractivity contribution >= 4 is 11.8 Å². The van der Waals surface area contributed by atoms with Crippen LogP contribution in [0.15, 0.2) is 12.4 Å². The van der Waals surface area contributed by atoms with E-state index in [2.05, 4.69) is 27.2 Å². The maximum Gasteiger partial charge on any atom is 0.289 e. The highest BCUT2D eigenvalue weighted by Gasteiger charge is 2.54. The first-order chi connectivity index (χ1) is 13.1. The molecule has 2 amide bonds. The molecule has 27 heavy (non-hydrogen) atoms. The molecule has 4 heterocycles. The van der Waals surface area contributed by atoms with Crippen LogP contribution in [0.25, 0.3) is 0 Å². The number of amides is 2. The van der Waals surface area contributed by atoms with Gasteiger partial charge in [-0.25, -0.2) is 4.98 Å². The Hall–Kier alpha value is -1.93. The topological polar surface area (TPSA) is 90.6 Å². The molecule has 1 aromatic rings. The van der Waals surface area contributed by atoms with Crippen LogP contribution in [-0.2, 0) is 9.53 Å². The van der Waals surface area contributed by atoms with Crippen molar-refractivity contribution < 1.29 is 14.3 Å². The lowest BCUT2D eigenvalue weighted by molar-refractivity contribution is -0.143. The summed E-state index contributed by atoms with van der Waals surface area (Å²) in [5.74, 6) is 0.358. The fourth-order valence-corrected chi connectivity index (χ4v) is 4.84. The van der Waals surface area contributed by atoms with Crippen LogP contribution in [0.1, 0.15) is 42.7 Å². The molecule has 8 nitrogen and oxygen atoms in total. The minimum atomic E-state index is -0.509. The molecule has 3 aliphatic heterocycles. The van der Waals surface area contributed by atoms with Gasteiger partial charge in [-0.3, -0.25) is 9.59 Å². The highest BCUT2D eigenvalue weighted by molar-refractivity contribution is 5.92. The number of hydrogen-bond donors (Lipinski definition) is 2. The molecule has 0 spiro atoms. The van der Waals surface area contributed by atoms with E-state index in [-0.39, 0.29) is 23.9 Å². The van der Waals surface area contributed by atoms with Gasteiger partial charge in [0, 0.05) is 44.7 Å². The second kappa shape index (κ2) is 7.59. The molecule has 0 aliphatic carbocycles. The first-order valence-electron chi connectivity index (χ1n) is 9.98. The van der Waals surface area contributed by atoms with Crippen LogP contribution >= 0.6 is 0 Å². The molecule has 148 valence electrons. The van der Waals surface area contributed by atoms with Crippen LogP contribution in [0.5, 0.6) is 0 Å². The number of nitrogens with zero attached hydrogens (tertiary/aromatic N) is 3. The van der Waals surface area contributed by atoms with Crippen molar-refractivity contribution in [2.45, 2.75) is 44.2 Å². The maximum absolute atomic E-state index is 13.5. The van der Waals surface area contributed by atoms with Gasteiger partial charge in [-0.2, -0.15) is 0 Å². The van der Waals surface area contributed by atoms with E-state index in [1.54, 1.807) is 12.4 Å². The molecule has 0 saturated carbocycles. The molecule has 3 fully saturated rings. The number of aromatic nitrogens is 2. The Balaban J connectivity index is 1.58. The number of piperidine rings is 2. The lowest BCUT2D eigenvalue weighted by Crippen LogP contribution is -2.67. The van der Waals surface area contributed by atoms with Crippen molar-refractivity contribution in [2.75, 3.05) is 39.9 Å². The van der Waals surface area contributed by atoms with E-state index in [1.807, 2.05) is 4.90 Å². The SMILES string of the molecule is CN1CC[C@]2(C(=O)NC3CCOCC3)CCCN(C(=O)c3ncc[nH]3)[C@H]2C1. The second-order valence-electron chi connectivity index (χ2n) is 8.08. The summed E-state index contributed by atoms with van der Waals surface area (Å²) < 4.78 is 5.41. The third-order valence-corrected chi connectivity index (χ3v) is 6.43. The fourth-order valence-electron chi connectivity index (χ4n) is 4.84. The van der Waals surface area contributed by atoms with Gasteiger partial charge in [-0.05, 0) is 45.7 Å². The van der Waals surface area contributed by atoms with Gasteiger partial charge in [0.1, 0.15) is 0 Å². The Morgan fingerprint density at radius 2 is 2.11 bits per heavy atom. The summed E-state index contributed by atoms with van der Waals surface area (Å²) in [6.45, 7) is 3.67. The number of ether oxygens (including phenoxy) is 1. The van der Waals surface area contributed by atoms with E-state index in [4.69, 9.17) is 4.74 Å². The van der Waals surface area contributed by atoms with Crippen molar-refractivity contribution in [3.63, 3.8) is 0 Å². The standard InChI is InChI=1S/C19H29N5O3/c1-23-10-6-19(18(26)22-14-3-11-27-12-4-14)5-2-9-24(15(19)13-23)17(25)16-20-7-8-21-16/h7-8,14-15H,2-6,9-13H2,1H3,(H,20,21)(H,22,26)/t15-,19+/m0/s1. The predicted molar refractivity (Wildman–Crippen MR) is 99.2 cm³/mol. The van der Waals surface area contributed by atoms with Crippen molar-refractivity contribution in [1.29, 1.82) is 0 Å². The number of imidazole rings is 1. The van der Waals surface area contributed by atoms with E-state index in [0.717, 1.165) is 38.6 Å². The van der Waals surface area contributed by atoms with Crippen LogP contribution in [0.2, 0.25) is 0 Å². The number of likely N-dealkylation sites (N-methyl/N-ethyl adjacent to an activating group) is 1. The summed E-state index contributed by atoms with van der Waals surface area (Å²) in [6, 6.07) is 0.0551.